The highest BCUT2D eigenvalue weighted by molar-refractivity contribution is 7.80. The molecule has 0 unspecified atom stereocenters. The average Bonchev–Trinajstić information content (AvgIpc) is 3.00. The zero-order valence-electron chi connectivity index (χ0n) is 15.0. The quantitative estimate of drug-likeness (QED) is 0.351. The monoisotopic (exact) mass is 370 g/mol. The van der Waals surface area contributed by atoms with Gasteiger partial charge >= 0.3 is 0 Å². The summed E-state index contributed by atoms with van der Waals surface area (Å²) >= 11 is 10.1. The molecule has 0 atom stereocenters. The van der Waals surface area contributed by atoms with E-state index in [4.69, 9.17) is 24.4 Å². The van der Waals surface area contributed by atoms with Gasteiger partial charge in [-0.25, -0.2) is 0 Å². The van der Waals surface area contributed by atoms with Crippen molar-refractivity contribution >= 4 is 46.1 Å². The van der Waals surface area contributed by atoms with Crippen molar-refractivity contribution in [3.05, 3.63) is 18.0 Å². The zero-order valence-corrected chi connectivity index (χ0v) is 16.6. The number of nitrogens with one attached hydrogen (secondary N) is 4. The molecule has 1 aromatic heterocycles. The van der Waals surface area contributed by atoms with Gasteiger partial charge in [0.05, 0.1) is 11.4 Å². The number of hydrogen-bond acceptors (Lipinski definition) is 5. The van der Waals surface area contributed by atoms with Crippen molar-refractivity contribution in [1.29, 1.82) is 0 Å². The molecule has 1 rings (SSSR count). The molecule has 0 saturated carbocycles. The molecule has 0 fully saturated rings. The van der Waals surface area contributed by atoms with Crippen LogP contribution in [0.4, 0.5) is 0 Å². The normalized spacial score (nSPS) is 11.1. The molecule has 0 aromatic carbocycles. The van der Waals surface area contributed by atoms with Crippen LogP contribution in [0, 0.1) is 0 Å². The molecule has 0 aliphatic carbocycles. The standard InChI is InChI=1S/C12H20N8S2.C2H6/c1-5-14-12(22)19-17-10(9-6-7-15-20(9)4)8(2)16-18-11(21)13-3;1-2/h6-7H,5H2,1-4H3,(H2,13,18,21)(H2,14,19,22);1-2H3/b16-8+,17-10-;. The second-order valence-corrected chi connectivity index (χ2v) is 4.98. The molecule has 0 spiro atoms. The van der Waals surface area contributed by atoms with Gasteiger partial charge in [0.1, 0.15) is 5.71 Å². The summed E-state index contributed by atoms with van der Waals surface area (Å²) in [6.07, 6.45) is 1.69. The maximum absolute atomic E-state index is 5.11. The van der Waals surface area contributed by atoms with Gasteiger partial charge in [-0.2, -0.15) is 15.3 Å². The molecule has 0 bridgehead atoms. The Labute approximate surface area is 154 Å². The molecule has 4 N–H and O–H groups in total. The van der Waals surface area contributed by atoms with E-state index in [9.17, 15) is 0 Å². The zero-order chi connectivity index (χ0) is 18.5. The van der Waals surface area contributed by atoms with Crippen LogP contribution >= 0.6 is 24.4 Å². The van der Waals surface area contributed by atoms with Crippen LogP contribution in [0.15, 0.2) is 22.5 Å². The fourth-order valence-corrected chi connectivity index (χ4v) is 1.72. The molecule has 0 radical (unpaired) electrons. The smallest absolute Gasteiger partial charge is 0.186 e. The Bertz CT molecular complexity index is 591. The first kappa shape index (κ1) is 21.9. The highest BCUT2D eigenvalue weighted by atomic mass is 32.1. The predicted octanol–water partition coefficient (Wildman–Crippen LogP) is 1.10. The van der Waals surface area contributed by atoms with E-state index < -0.39 is 0 Å². The third-order valence-electron chi connectivity index (χ3n) is 2.57. The topological polar surface area (TPSA) is 90.7 Å². The summed E-state index contributed by atoms with van der Waals surface area (Å²) in [6, 6.07) is 1.84. The van der Waals surface area contributed by atoms with E-state index in [0.717, 1.165) is 5.69 Å². The van der Waals surface area contributed by atoms with Gasteiger partial charge in [0, 0.05) is 26.8 Å². The molecule has 134 valence electrons. The number of thiocarbonyl (C=S) groups is 2. The Hall–Kier alpha value is -2.07. The van der Waals surface area contributed by atoms with E-state index in [2.05, 4.69) is 36.8 Å². The molecule has 10 heteroatoms. The lowest BCUT2D eigenvalue weighted by atomic mass is 10.2. The first-order valence-corrected chi connectivity index (χ1v) is 8.43. The maximum Gasteiger partial charge on any atom is 0.186 e. The summed E-state index contributed by atoms with van der Waals surface area (Å²) in [4.78, 5) is 0. The van der Waals surface area contributed by atoms with Crippen LogP contribution in [0.2, 0.25) is 0 Å². The van der Waals surface area contributed by atoms with Crippen molar-refractivity contribution in [2.24, 2.45) is 17.3 Å². The van der Waals surface area contributed by atoms with E-state index >= 15 is 0 Å². The van der Waals surface area contributed by atoms with Crippen LogP contribution in [0.1, 0.15) is 33.4 Å². The fraction of sp³-hybridized carbons (Fsp3) is 0.500. The summed E-state index contributed by atoms with van der Waals surface area (Å²) in [5.74, 6) is 0. The van der Waals surface area contributed by atoms with Crippen LogP contribution in [0.25, 0.3) is 0 Å². The summed E-state index contributed by atoms with van der Waals surface area (Å²) in [5.41, 5.74) is 7.55. The van der Waals surface area contributed by atoms with Gasteiger partial charge in [0.2, 0.25) is 0 Å². The number of hydrogen-bond donors (Lipinski definition) is 4. The second kappa shape index (κ2) is 12.4. The van der Waals surface area contributed by atoms with Gasteiger partial charge in [-0.3, -0.25) is 15.5 Å². The van der Waals surface area contributed by atoms with Crippen LogP contribution < -0.4 is 21.5 Å². The number of aromatic nitrogens is 2. The summed E-state index contributed by atoms with van der Waals surface area (Å²) in [5, 5.41) is 19.3. The largest absolute Gasteiger partial charge is 0.364 e. The number of rotatable bonds is 5. The SMILES string of the molecule is CC.CCNC(=S)N/N=C(/C(C)=N/NC(=S)NC)c1ccnn1C. The van der Waals surface area contributed by atoms with E-state index in [0.29, 0.717) is 28.2 Å². The highest BCUT2D eigenvalue weighted by Gasteiger charge is 2.12. The molecule has 8 nitrogen and oxygen atoms in total. The Morgan fingerprint density at radius 2 is 1.83 bits per heavy atom. The van der Waals surface area contributed by atoms with Crippen LogP contribution in [-0.2, 0) is 7.05 Å². The first-order valence-electron chi connectivity index (χ1n) is 7.61. The van der Waals surface area contributed by atoms with Crippen LogP contribution in [0.3, 0.4) is 0 Å². The van der Waals surface area contributed by atoms with Gasteiger partial charge in [0.25, 0.3) is 0 Å². The molecule has 24 heavy (non-hydrogen) atoms. The van der Waals surface area contributed by atoms with Crippen LogP contribution in [0.5, 0.6) is 0 Å². The molecule has 0 amide bonds. The lowest BCUT2D eigenvalue weighted by Gasteiger charge is -2.10. The van der Waals surface area contributed by atoms with Gasteiger partial charge in [-0.1, -0.05) is 13.8 Å². The third kappa shape index (κ3) is 7.47. The van der Waals surface area contributed by atoms with Crippen molar-refractivity contribution in [3.63, 3.8) is 0 Å². The highest BCUT2D eigenvalue weighted by Crippen LogP contribution is 2.01. The van der Waals surface area contributed by atoms with E-state index in [1.165, 1.54) is 0 Å². The molecule has 0 saturated heterocycles. The number of nitrogens with zero attached hydrogens (tertiary/aromatic N) is 4. The minimum Gasteiger partial charge on any atom is -0.364 e. The van der Waals surface area contributed by atoms with Crippen molar-refractivity contribution in [3.8, 4) is 0 Å². The van der Waals surface area contributed by atoms with E-state index in [1.54, 1.807) is 17.9 Å². The average molecular weight is 371 g/mol. The molecular formula is C14H26N8S2. The van der Waals surface area contributed by atoms with Crippen LogP contribution in [-0.4, -0.2) is 45.0 Å². The lowest BCUT2D eigenvalue weighted by molar-refractivity contribution is 0.759. The van der Waals surface area contributed by atoms with Crippen molar-refractivity contribution in [2.45, 2.75) is 27.7 Å². The molecule has 0 aliphatic heterocycles. The minimum atomic E-state index is 0.417. The Balaban J connectivity index is 0.00000254. The minimum absolute atomic E-state index is 0.417. The van der Waals surface area contributed by atoms with Crippen molar-refractivity contribution in [1.82, 2.24) is 31.3 Å². The Morgan fingerprint density at radius 3 is 2.33 bits per heavy atom. The van der Waals surface area contributed by atoms with Crippen molar-refractivity contribution < 1.29 is 0 Å². The molecule has 1 heterocycles. The molecule has 0 aliphatic rings. The molecule has 1 aromatic rings. The number of aryl methyl sites for hydroxylation is 1. The Kier molecular flexibility index (Phi) is 11.3. The van der Waals surface area contributed by atoms with E-state index in [1.807, 2.05) is 40.8 Å². The molecular weight excluding hydrogens is 344 g/mol. The third-order valence-corrected chi connectivity index (χ3v) is 3.10. The van der Waals surface area contributed by atoms with Gasteiger partial charge in [-0.05, 0) is 44.3 Å². The fourth-order valence-electron chi connectivity index (χ4n) is 1.48. The van der Waals surface area contributed by atoms with Crippen molar-refractivity contribution in [2.75, 3.05) is 13.6 Å². The second-order valence-electron chi connectivity index (χ2n) is 4.16. The summed E-state index contributed by atoms with van der Waals surface area (Å²) < 4.78 is 1.70. The maximum atomic E-state index is 5.11. The van der Waals surface area contributed by atoms with Gasteiger partial charge in [-0.15, -0.1) is 0 Å². The first-order chi connectivity index (χ1) is 11.5. The predicted molar refractivity (Wildman–Crippen MR) is 108 cm³/mol. The summed E-state index contributed by atoms with van der Waals surface area (Å²) in [6.45, 7) is 8.48. The van der Waals surface area contributed by atoms with E-state index in [-0.39, 0.29) is 0 Å². The van der Waals surface area contributed by atoms with Gasteiger partial charge < -0.3 is 10.6 Å². The van der Waals surface area contributed by atoms with Gasteiger partial charge in [0.15, 0.2) is 10.2 Å². The Morgan fingerprint density at radius 1 is 1.21 bits per heavy atom. The number of hydrazone groups is 2. The summed E-state index contributed by atoms with van der Waals surface area (Å²) in [7, 11) is 3.54. The lowest BCUT2D eigenvalue weighted by Crippen LogP contribution is -2.34.